The molecule has 20 heavy (non-hydrogen) atoms. The van der Waals surface area contributed by atoms with Crippen LogP contribution in [0.2, 0.25) is 0 Å². The van der Waals surface area contributed by atoms with Crippen molar-refractivity contribution in [2.45, 2.75) is 32.9 Å². The van der Waals surface area contributed by atoms with Crippen molar-refractivity contribution < 1.29 is 4.74 Å². The maximum absolute atomic E-state index is 5.46. The smallest absolute Gasteiger partial charge is 0.216 e. The van der Waals surface area contributed by atoms with Crippen LogP contribution in [0.15, 0.2) is 12.4 Å². The molecule has 0 spiro atoms. The summed E-state index contributed by atoms with van der Waals surface area (Å²) < 4.78 is 9.07. The van der Waals surface area contributed by atoms with Crippen LogP contribution < -0.4 is 10.1 Å². The van der Waals surface area contributed by atoms with E-state index < -0.39 is 0 Å². The minimum Gasteiger partial charge on any atom is -0.481 e. The first-order chi connectivity index (χ1) is 9.52. The van der Waals surface area contributed by atoms with E-state index in [1.807, 2.05) is 26.5 Å². The Hall–Kier alpha value is -1.82. The largest absolute Gasteiger partial charge is 0.481 e. The summed E-state index contributed by atoms with van der Waals surface area (Å²) in [6.45, 7) is 5.81. The lowest BCUT2D eigenvalue weighted by atomic mass is 10.1. The fourth-order valence-electron chi connectivity index (χ4n) is 2.35. The molecule has 6 heteroatoms. The first-order valence-electron chi connectivity index (χ1n) is 6.81. The topological polar surface area (TPSA) is 56.9 Å². The maximum atomic E-state index is 5.46. The Morgan fingerprint density at radius 2 is 2.05 bits per heavy atom. The van der Waals surface area contributed by atoms with Gasteiger partial charge >= 0.3 is 0 Å². The Bertz CT molecular complexity index is 570. The fraction of sp³-hybridized carbons (Fsp3) is 0.571. The Morgan fingerprint density at radius 3 is 2.60 bits per heavy atom. The van der Waals surface area contributed by atoms with E-state index in [1.54, 1.807) is 16.5 Å². The van der Waals surface area contributed by atoms with E-state index in [2.05, 4.69) is 29.4 Å². The number of hydrogen-bond donors (Lipinski definition) is 1. The lowest BCUT2D eigenvalue weighted by Crippen LogP contribution is -2.14. The van der Waals surface area contributed by atoms with Gasteiger partial charge in [-0.1, -0.05) is 13.8 Å². The van der Waals surface area contributed by atoms with Gasteiger partial charge in [-0.05, 0) is 5.92 Å². The van der Waals surface area contributed by atoms with Crippen molar-refractivity contribution in [3.05, 3.63) is 29.2 Å². The highest BCUT2D eigenvalue weighted by molar-refractivity contribution is 5.33. The number of aromatic nitrogens is 4. The molecule has 0 radical (unpaired) electrons. The molecule has 0 amide bonds. The van der Waals surface area contributed by atoms with Gasteiger partial charge in [-0.3, -0.25) is 4.68 Å². The van der Waals surface area contributed by atoms with E-state index in [0.29, 0.717) is 5.92 Å². The molecule has 0 unspecified atom stereocenters. The Labute approximate surface area is 119 Å². The number of methoxy groups -OCH3 is 1. The molecule has 0 fully saturated rings. The molecule has 2 rings (SSSR count). The minimum absolute atomic E-state index is 0.375. The molecule has 110 valence electrons. The van der Waals surface area contributed by atoms with Crippen molar-refractivity contribution in [3.63, 3.8) is 0 Å². The summed E-state index contributed by atoms with van der Waals surface area (Å²) in [4.78, 5) is 0. The van der Waals surface area contributed by atoms with Crippen molar-refractivity contribution in [1.29, 1.82) is 0 Å². The molecule has 2 aromatic heterocycles. The normalized spacial score (nSPS) is 11.3. The molecule has 0 aliphatic rings. The Kier molecular flexibility index (Phi) is 4.44. The molecule has 0 saturated carbocycles. The fourth-order valence-corrected chi connectivity index (χ4v) is 2.35. The van der Waals surface area contributed by atoms with Crippen LogP contribution in [0.25, 0.3) is 0 Å². The monoisotopic (exact) mass is 277 g/mol. The average Bonchev–Trinajstić information content (AvgIpc) is 2.93. The van der Waals surface area contributed by atoms with Crippen LogP contribution in [-0.2, 0) is 27.2 Å². The third-order valence-electron chi connectivity index (χ3n) is 3.25. The van der Waals surface area contributed by atoms with E-state index in [0.717, 1.165) is 30.2 Å². The highest BCUT2D eigenvalue weighted by Crippen LogP contribution is 2.26. The van der Waals surface area contributed by atoms with Crippen LogP contribution in [0.4, 0.5) is 0 Å². The minimum atomic E-state index is 0.375. The summed E-state index contributed by atoms with van der Waals surface area (Å²) in [7, 11) is 5.52. The molecule has 0 bridgehead atoms. The molecule has 0 aromatic carbocycles. The lowest BCUT2D eigenvalue weighted by Gasteiger charge is -2.08. The van der Waals surface area contributed by atoms with Crippen LogP contribution in [-0.4, -0.2) is 26.7 Å². The number of nitrogens with one attached hydrogen (secondary N) is 1. The number of nitrogens with zero attached hydrogens (tertiary/aromatic N) is 4. The first-order valence-corrected chi connectivity index (χ1v) is 6.81. The summed E-state index contributed by atoms with van der Waals surface area (Å²) >= 11 is 0. The van der Waals surface area contributed by atoms with Crippen molar-refractivity contribution in [2.24, 2.45) is 14.1 Å². The van der Waals surface area contributed by atoms with Crippen LogP contribution in [0.5, 0.6) is 5.88 Å². The summed E-state index contributed by atoms with van der Waals surface area (Å²) in [6, 6.07) is 0. The zero-order chi connectivity index (χ0) is 14.7. The SMILES string of the molecule is COc1c(CNCc2cnn(C)c2)c(C(C)C)nn1C. The zero-order valence-corrected chi connectivity index (χ0v) is 12.8. The van der Waals surface area contributed by atoms with Gasteiger partial charge in [-0.25, -0.2) is 4.68 Å². The number of rotatable bonds is 6. The number of ether oxygens (including phenoxy) is 1. The number of aryl methyl sites for hydroxylation is 2. The van der Waals surface area contributed by atoms with Crippen molar-refractivity contribution in [3.8, 4) is 5.88 Å². The van der Waals surface area contributed by atoms with Crippen molar-refractivity contribution in [2.75, 3.05) is 7.11 Å². The van der Waals surface area contributed by atoms with Crippen LogP contribution >= 0.6 is 0 Å². The third kappa shape index (κ3) is 3.01. The molecule has 1 N–H and O–H groups in total. The lowest BCUT2D eigenvalue weighted by molar-refractivity contribution is 0.368. The molecular weight excluding hydrogens is 254 g/mol. The molecule has 0 saturated heterocycles. The molecule has 0 aliphatic carbocycles. The van der Waals surface area contributed by atoms with Crippen molar-refractivity contribution >= 4 is 0 Å². The summed E-state index contributed by atoms with van der Waals surface area (Å²) in [5.74, 6) is 1.20. The molecule has 6 nitrogen and oxygen atoms in total. The van der Waals surface area contributed by atoms with Crippen molar-refractivity contribution in [1.82, 2.24) is 24.9 Å². The standard InChI is InChI=1S/C14H23N5O/c1-10(2)13-12(14(20-5)19(4)17-13)8-15-6-11-7-16-18(3)9-11/h7,9-10,15H,6,8H2,1-5H3. The van der Waals surface area contributed by atoms with Crippen LogP contribution in [0.1, 0.15) is 36.6 Å². The van der Waals surface area contributed by atoms with Gasteiger partial charge in [-0.15, -0.1) is 0 Å². The van der Waals surface area contributed by atoms with Gasteiger partial charge in [0.2, 0.25) is 5.88 Å². The number of hydrogen-bond acceptors (Lipinski definition) is 4. The first kappa shape index (κ1) is 14.6. The molecular formula is C14H23N5O. The van der Waals surface area contributed by atoms with Gasteiger partial charge in [-0.2, -0.15) is 10.2 Å². The van der Waals surface area contributed by atoms with E-state index in [4.69, 9.17) is 4.74 Å². The highest BCUT2D eigenvalue weighted by atomic mass is 16.5. The second-order valence-corrected chi connectivity index (χ2v) is 5.28. The van der Waals surface area contributed by atoms with E-state index in [9.17, 15) is 0 Å². The van der Waals surface area contributed by atoms with Crippen LogP contribution in [0.3, 0.4) is 0 Å². The van der Waals surface area contributed by atoms with Gasteiger partial charge in [0.25, 0.3) is 0 Å². The van der Waals surface area contributed by atoms with Crippen LogP contribution in [0, 0.1) is 0 Å². The summed E-state index contributed by atoms with van der Waals surface area (Å²) in [5.41, 5.74) is 3.39. The second kappa shape index (κ2) is 6.09. The van der Waals surface area contributed by atoms with E-state index in [1.165, 1.54) is 5.56 Å². The van der Waals surface area contributed by atoms with Gasteiger partial charge < -0.3 is 10.1 Å². The second-order valence-electron chi connectivity index (χ2n) is 5.28. The van der Waals surface area contributed by atoms with Gasteiger partial charge in [0, 0.05) is 38.9 Å². The van der Waals surface area contributed by atoms with Gasteiger partial charge in [0.1, 0.15) is 0 Å². The van der Waals surface area contributed by atoms with E-state index in [-0.39, 0.29) is 0 Å². The summed E-state index contributed by atoms with van der Waals surface area (Å²) in [6.07, 6.45) is 3.88. The average molecular weight is 277 g/mol. The summed E-state index contributed by atoms with van der Waals surface area (Å²) in [5, 5.41) is 12.1. The highest BCUT2D eigenvalue weighted by Gasteiger charge is 2.18. The molecule has 2 aromatic rings. The maximum Gasteiger partial charge on any atom is 0.216 e. The molecule has 0 atom stereocenters. The van der Waals surface area contributed by atoms with E-state index >= 15 is 0 Å². The molecule has 2 heterocycles. The Morgan fingerprint density at radius 1 is 1.30 bits per heavy atom. The molecule has 0 aliphatic heterocycles. The van der Waals surface area contributed by atoms with Gasteiger partial charge in [0.15, 0.2) is 0 Å². The predicted octanol–water partition coefficient (Wildman–Crippen LogP) is 1.58. The Balaban J connectivity index is 2.08. The van der Waals surface area contributed by atoms with Gasteiger partial charge in [0.05, 0.1) is 24.6 Å². The predicted molar refractivity (Wildman–Crippen MR) is 77.6 cm³/mol. The third-order valence-corrected chi connectivity index (χ3v) is 3.25. The zero-order valence-electron chi connectivity index (χ0n) is 12.8. The quantitative estimate of drug-likeness (QED) is 0.871.